The maximum Gasteiger partial charge on any atom is 0.0314 e. The molecular formula is C14H22N2. The highest BCUT2D eigenvalue weighted by Gasteiger charge is 2.19. The number of piperidine rings is 1. The van der Waals surface area contributed by atoms with Crippen LogP contribution in [-0.2, 0) is 0 Å². The normalized spacial score (nSPS) is 18.8. The van der Waals surface area contributed by atoms with Gasteiger partial charge in [0.1, 0.15) is 0 Å². The van der Waals surface area contributed by atoms with Crippen LogP contribution < -0.4 is 5.73 Å². The van der Waals surface area contributed by atoms with Gasteiger partial charge in [-0.05, 0) is 62.5 Å². The van der Waals surface area contributed by atoms with Crippen LogP contribution in [0.3, 0.4) is 0 Å². The van der Waals surface area contributed by atoms with E-state index in [-0.39, 0.29) is 0 Å². The number of rotatable bonds is 3. The van der Waals surface area contributed by atoms with Gasteiger partial charge in [-0.1, -0.05) is 19.1 Å². The van der Waals surface area contributed by atoms with E-state index in [9.17, 15) is 0 Å². The molecule has 1 fully saturated rings. The summed E-state index contributed by atoms with van der Waals surface area (Å²) in [4.78, 5) is 2.58. The van der Waals surface area contributed by atoms with Crippen LogP contribution in [-0.4, -0.2) is 24.5 Å². The monoisotopic (exact) mass is 218 g/mol. The van der Waals surface area contributed by atoms with Crippen LogP contribution in [0, 0.1) is 0 Å². The number of benzene rings is 1. The summed E-state index contributed by atoms with van der Waals surface area (Å²) >= 11 is 0. The van der Waals surface area contributed by atoms with E-state index in [2.05, 4.69) is 24.0 Å². The fourth-order valence-corrected chi connectivity index (χ4v) is 2.57. The number of hydrogen-bond donors (Lipinski definition) is 1. The SMILES string of the molecule is CCCN1CCC(c2ccc(N)cc2)CC1. The standard InChI is InChI=1S/C14H22N2/c1-2-9-16-10-7-13(8-11-16)12-3-5-14(15)6-4-12/h3-6,13H,2,7-11,15H2,1H3. The number of anilines is 1. The molecule has 0 aliphatic carbocycles. The van der Waals surface area contributed by atoms with Gasteiger partial charge in [0, 0.05) is 5.69 Å². The average molecular weight is 218 g/mol. The van der Waals surface area contributed by atoms with E-state index in [1.54, 1.807) is 0 Å². The Labute approximate surface area is 98.4 Å². The molecule has 2 heteroatoms. The average Bonchev–Trinajstić information content (AvgIpc) is 2.32. The van der Waals surface area contributed by atoms with E-state index in [1.165, 1.54) is 44.5 Å². The second kappa shape index (κ2) is 5.35. The van der Waals surface area contributed by atoms with Crippen LogP contribution in [0.1, 0.15) is 37.7 Å². The van der Waals surface area contributed by atoms with Gasteiger partial charge in [-0.2, -0.15) is 0 Å². The summed E-state index contributed by atoms with van der Waals surface area (Å²) in [7, 11) is 0. The predicted octanol–water partition coefficient (Wildman–Crippen LogP) is 2.86. The molecule has 0 bridgehead atoms. The molecule has 0 aromatic heterocycles. The fourth-order valence-electron chi connectivity index (χ4n) is 2.57. The molecule has 88 valence electrons. The van der Waals surface area contributed by atoms with Crippen LogP contribution >= 0.6 is 0 Å². The first-order valence-corrected chi connectivity index (χ1v) is 6.37. The highest BCUT2D eigenvalue weighted by atomic mass is 15.1. The van der Waals surface area contributed by atoms with Crippen LogP contribution in [0.15, 0.2) is 24.3 Å². The largest absolute Gasteiger partial charge is 0.399 e. The Morgan fingerprint density at radius 1 is 1.19 bits per heavy atom. The van der Waals surface area contributed by atoms with Gasteiger partial charge >= 0.3 is 0 Å². The molecule has 2 rings (SSSR count). The molecule has 16 heavy (non-hydrogen) atoms. The number of likely N-dealkylation sites (tertiary alicyclic amines) is 1. The smallest absolute Gasteiger partial charge is 0.0314 e. The van der Waals surface area contributed by atoms with Gasteiger partial charge < -0.3 is 10.6 Å². The quantitative estimate of drug-likeness (QED) is 0.790. The van der Waals surface area contributed by atoms with Crippen molar-refractivity contribution in [2.24, 2.45) is 0 Å². The molecule has 1 heterocycles. The minimum Gasteiger partial charge on any atom is -0.399 e. The summed E-state index contributed by atoms with van der Waals surface area (Å²) in [6.45, 7) is 6.02. The summed E-state index contributed by atoms with van der Waals surface area (Å²) in [6, 6.07) is 8.42. The zero-order chi connectivity index (χ0) is 11.4. The van der Waals surface area contributed by atoms with Crippen LogP contribution in [0.5, 0.6) is 0 Å². The highest BCUT2D eigenvalue weighted by Crippen LogP contribution is 2.28. The third kappa shape index (κ3) is 2.76. The van der Waals surface area contributed by atoms with E-state index in [4.69, 9.17) is 5.73 Å². The minimum absolute atomic E-state index is 0.744. The van der Waals surface area contributed by atoms with Crippen molar-refractivity contribution in [3.63, 3.8) is 0 Å². The van der Waals surface area contributed by atoms with E-state index < -0.39 is 0 Å². The predicted molar refractivity (Wildman–Crippen MR) is 69.6 cm³/mol. The topological polar surface area (TPSA) is 29.3 Å². The zero-order valence-corrected chi connectivity index (χ0v) is 10.2. The molecule has 0 radical (unpaired) electrons. The fraction of sp³-hybridized carbons (Fsp3) is 0.571. The first kappa shape index (κ1) is 11.5. The van der Waals surface area contributed by atoms with Gasteiger partial charge in [-0.3, -0.25) is 0 Å². The van der Waals surface area contributed by atoms with Crippen LogP contribution in [0.2, 0.25) is 0 Å². The van der Waals surface area contributed by atoms with Crippen LogP contribution in [0.25, 0.3) is 0 Å². The molecule has 1 aliphatic heterocycles. The highest BCUT2D eigenvalue weighted by molar-refractivity contribution is 5.40. The maximum absolute atomic E-state index is 5.71. The van der Waals surface area contributed by atoms with Crippen molar-refractivity contribution >= 4 is 5.69 Å². The molecule has 0 unspecified atom stereocenters. The molecular weight excluding hydrogens is 196 g/mol. The lowest BCUT2D eigenvalue weighted by Gasteiger charge is -2.31. The molecule has 2 nitrogen and oxygen atoms in total. The number of nitrogens with zero attached hydrogens (tertiary/aromatic N) is 1. The number of nitrogens with two attached hydrogens (primary N) is 1. The molecule has 0 amide bonds. The van der Waals surface area contributed by atoms with Crippen molar-refractivity contribution in [3.8, 4) is 0 Å². The molecule has 2 N–H and O–H groups in total. The van der Waals surface area contributed by atoms with Gasteiger partial charge in [0.05, 0.1) is 0 Å². The number of nitrogen functional groups attached to an aromatic ring is 1. The second-order valence-corrected chi connectivity index (χ2v) is 4.78. The van der Waals surface area contributed by atoms with E-state index in [0.717, 1.165) is 11.6 Å². The molecule has 1 aromatic carbocycles. The van der Waals surface area contributed by atoms with Gasteiger partial charge in [0.15, 0.2) is 0 Å². The summed E-state index contributed by atoms with van der Waals surface area (Å²) < 4.78 is 0. The Morgan fingerprint density at radius 2 is 1.81 bits per heavy atom. The van der Waals surface area contributed by atoms with Gasteiger partial charge in [0.2, 0.25) is 0 Å². The van der Waals surface area contributed by atoms with Crippen molar-refractivity contribution in [1.29, 1.82) is 0 Å². The minimum atomic E-state index is 0.744. The zero-order valence-electron chi connectivity index (χ0n) is 10.2. The van der Waals surface area contributed by atoms with Crippen LogP contribution in [0.4, 0.5) is 5.69 Å². The van der Waals surface area contributed by atoms with Crippen molar-refractivity contribution in [3.05, 3.63) is 29.8 Å². The molecule has 0 spiro atoms. The Kier molecular flexibility index (Phi) is 3.83. The maximum atomic E-state index is 5.71. The molecule has 0 saturated carbocycles. The molecule has 1 aliphatic rings. The lowest BCUT2D eigenvalue weighted by Crippen LogP contribution is -2.33. The van der Waals surface area contributed by atoms with Crippen molar-refractivity contribution in [2.75, 3.05) is 25.4 Å². The van der Waals surface area contributed by atoms with E-state index >= 15 is 0 Å². The Balaban J connectivity index is 1.91. The lowest BCUT2D eigenvalue weighted by molar-refractivity contribution is 0.213. The van der Waals surface area contributed by atoms with Crippen molar-refractivity contribution in [2.45, 2.75) is 32.1 Å². The summed E-state index contributed by atoms with van der Waals surface area (Å²) in [5.41, 5.74) is 8.04. The Bertz CT molecular complexity index is 310. The number of hydrogen-bond acceptors (Lipinski definition) is 2. The third-order valence-corrected chi connectivity index (χ3v) is 3.54. The van der Waals surface area contributed by atoms with Gasteiger partial charge in [-0.15, -0.1) is 0 Å². The van der Waals surface area contributed by atoms with E-state index in [0.29, 0.717) is 0 Å². The van der Waals surface area contributed by atoms with Gasteiger partial charge in [-0.25, -0.2) is 0 Å². The molecule has 1 aromatic rings. The lowest BCUT2D eigenvalue weighted by atomic mass is 9.89. The molecule has 1 saturated heterocycles. The van der Waals surface area contributed by atoms with Crippen molar-refractivity contribution < 1.29 is 0 Å². The first-order valence-electron chi connectivity index (χ1n) is 6.37. The second-order valence-electron chi connectivity index (χ2n) is 4.78. The third-order valence-electron chi connectivity index (χ3n) is 3.54. The Morgan fingerprint density at radius 3 is 2.38 bits per heavy atom. The summed E-state index contributed by atoms with van der Waals surface area (Å²) in [5, 5.41) is 0. The summed E-state index contributed by atoms with van der Waals surface area (Å²) in [5.74, 6) is 0.744. The molecule has 0 atom stereocenters. The first-order chi connectivity index (χ1) is 7.79. The van der Waals surface area contributed by atoms with E-state index in [1.807, 2.05) is 12.1 Å². The van der Waals surface area contributed by atoms with Gasteiger partial charge in [0.25, 0.3) is 0 Å². The summed E-state index contributed by atoms with van der Waals surface area (Å²) in [6.07, 6.45) is 3.86. The Hall–Kier alpha value is -1.02. The van der Waals surface area contributed by atoms with Crippen molar-refractivity contribution in [1.82, 2.24) is 4.90 Å².